The largest absolute Gasteiger partial charge is 0.448 e. The van der Waals surface area contributed by atoms with Crippen LogP contribution in [0.3, 0.4) is 0 Å². The molecular weight excluding hydrogens is 317 g/mol. The Kier molecular flexibility index (Phi) is 3.42. The van der Waals surface area contributed by atoms with Crippen molar-refractivity contribution in [1.82, 2.24) is 9.97 Å². The normalized spacial score (nSPS) is 10.8. The molecule has 0 unspecified atom stereocenters. The van der Waals surface area contributed by atoms with E-state index in [0.717, 1.165) is 23.0 Å². The van der Waals surface area contributed by atoms with E-state index >= 15 is 0 Å². The van der Waals surface area contributed by atoms with Gasteiger partial charge in [0.15, 0.2) is 5.89 Å². The number of aromatic nitrogens is 2. The average molecular weight is 329 g/mol. The lowest BCUT2D eigenvalue weighted by Gasteiger charge is -1.99. The first kappa shape index (κ1) is 11.4. The van der Waals surface area contributed by atoms with Crippen LogP contribution in [0.2, 0.25) is 0 Å². The van der Waals surface area contributed by atoms with E-state index in [9.17, 15) is 0 Å². The van der Waals surface area contributed by atoms with Crippen LogP contribution in [0.15, 0.2) is 29.0 Å². The summed E-state index contributed by atoms with van der Waals surface area (Å²) in [6.45, 7) is 4.11. The van der Waals surface area contributed by atoms with Gasteiger partial charge >= 0.3 is 0 Å². The summed E-state index contributed by atoms with van der Waals surface area (Å²) in [5, 5.41) is 0. The zero-order valence-corrected chi connectivity index (χ0v) is 11.2. The van der Waals surface area contributed by atoms with Gasteiger partial charge in [-0.1, -0.05) is 13.8 Å². The number of hydrogen-bond donors (Lipinski definition) is 1. The lowest BCUT2D eigenvalue weighted by Crippen LogP contribution is -1.88. The molecule has 5 heteroatoms. The highest BCUT2D eigenvalue weighted by molar-refractivity contribution is 14.1. The predicted octanol–water partition coefficient (Wildman–Crippen LogP) is 3.62. The molecular formula is C11H12IN3O. The van der Waals surface area contributed by atoms with Crippen LogP contribution in [0.4, 0.5) is 5.82 Å². The zero-order chi connectivity index (χ0) is 11.5. The molecule has 0 bridgehead atoms. The minimum absolute atomic E-state index is 0.303. The SMILES string of the molecule is CC(C)c1nc(-c2ccnc(NI)c2)co1. The topological polar surface area (TPSA) is 51.0 Å². The van der Waals surface area contributed by atoms with E-state index < -0.39 is 0 Å². The van der Waals surface area contributed by atoms with Crippen LogP contribution < -0.4 is 3.53 Å². The molecule has 0 radical (unpaired) electrons. The molecule has 0 amide bonds. The second-order valence-electron chi connectivity index (χ2n) is 3.75. The van der Waals surface area contributed by atoms with Crippen molar-refractivity contribution < 1.29 is 4.42 Å². The van der Waals surface area contributed by atoms with Gasteiger partial charge < -0.3 is 7.95 Å². The van der Waals surface area contributed by atoms with Crippen LogP contribution in [-0.4, -0.2) is 9.97 Å². The molecule has 0 saturated carbocycles. The Balaban J connectivity index is 2.34. The van der Waals surface area contributed by atoms with Gasteiger partial charge in [0, 0.05) is 17.7 Å². The van der Waals surface area contributed by atoms with Gasteiger partial charge in [-0.2, -0.15) is 0 Å². The van der Waals surface area contributed by atoms with Crippen molar-refractivity contribution in [3.63, 3.8) is 0 Å². The highest BCUT2D eigenvalue weighted by atomic mass is 127. The molecule has 4 nitrogen and oxygen atoms in total. The van der Waals surface area contributed by atoms with Gasteiger partial charge in [-0.25, -0.2) is 9.97 Å². The fraction of sp³-hybridized carbons (Fsp3) is 0.273. The lowest BCUT2D eigenvalue weighted by molar-refractivity contribution is 0.471. The van der Waals surface area contributed by atoms with Crippen molar-refractivity contribution in [2.24, 2.45) is 0 Å². The van der Waals surface area contributed by atoms with Gasteiger partial charge in [-0.15, -0.1) is 0 Å². The number of pyridine rings is 1. The average Bonchev–Trinajstić information content (AvgIpc) is 2.78. The van der Waals surface area contributed by atoms with Gasteiger partial charge in [0.05, 0.1) is 22.9 Å². The fourth-order valence-electron chi connectivity index (χ4n) is 1.33. The maximum Gasteiger partial charge on any atom is 0.197 e. The van der Waals surface area contributed by atoms with Crippen LogP contribution in [0, 0.1) is 0 Å². The Morgan fingerprint density at radius 3 is 2.88 bits per heavy atom. The Bertz CT molecular complexity index is 482. The maximum atomic E-state index is 5.40. The molecule has 2 aromatic heterocycles. The number of rotatable bonds is 3. The summed E-state index contributed by atoms with van der Waals surface area (Å²) in [4.78, 5) is 8.58. The third-order valence-corrected chi connectivity index (χ3v) is 2.72. The van der Waals surface area contributed by atoms with Gasteiger partial charge in [0.2, 0.25) is 0 Å². The summed E-state index contributed by atoms with van der Waals surface area (Å²) >= 11 is 2.05. The van der Waals surface area contributed by atoms with Crippen molar-refractivity contribution >= 4 is 28.7 Å². The predicted molar refractivity (Wildman–Crippen MR) is 71.5 cm³/mol. The van der Waals surface area contributed by atoms with E-state index in [2.05, 4.69) is 27.3 Å². The van der Waals surface area contributed by atoms with Crippen molar-refractivity contribution in [2.75, 3.05) is 3.53 Å². The summed E-state index contributed by atoms with van der Waals surface area (Å²) in [6.07, 6.45) is 3.43. The first-order valence-corrected chi connectivity index (χ1v) is 6.07. The summed E-state index contributed by atoms with van der Waals surface area (Å²) in [5.74, 6) is 1.88. The second-order valence-corrected chi connectivity index (χ2v) is 4.29. The molecule has 0 aliphatic heterocycles. The van der Waals surface area contributed by atoms with Crippen LogP contribution >= 0.6 is 22.9 Å². The number of nitrogens with zero attached hydrogens (tertiary/aromatic N) is 2. The molecule has 84 valence electrons. The highest BCUT2D eigenvalue weighted by Crippen LogP contribution is 2.23. The van der Waals surface area contributed by atoms with Crippen molar-refractivity contribution in [3.8, 4) is 11.3 Å². The van der Waals surface area contributed by atoms with Crippen LogP contribution in [0.25, 0.3) is 11.3 Å². The van der Waals surface area contributed by atoms with Crippen molar-refractivity contribution in [2.45, 2.75) is 19.8 Å². The monoisotopic (exact) mass is 329 g/mol. The fourth-order valence-corrected chi connectivity index (χ4v) is 1.62. The molecule has 2 heterocycles. The second kappa shape index (κ2) is 4.82. The van der Waals surface area contributed by atoms with E-state index in [4.69, 9.17) is 4.42 Å². The molecule has 0 atom stereocenters. The number of halogens is 1. The van der Waals surface area contributed by atoms with Gasteiger partial charge in [0.1, 0.15) is 17.8 Å². The Labute approximate surface area is 108 Å². The zero-order valence-electron chi connectivity index (χ0n) is 9.07. The molecule has 2 aromatic rings. The van der Waals surface area contributed by atoms with E-state index in [-0.39, 0.29) is 0 Å². The molecule has 1 N–H and O–H groups in total. The molecule has 0 fully saturated rings. The van der Waals surface area contributed by atoms with E-state index in [1.807, 2.05) is 35.0 Å². The Hall–Kier alpha value is -1.11. The standard InChI is InChI=1S/C11H12IN3O/c1-7(2)11-14-9(6-16-11)8-3-4-13-10(5-8)15-12/h3-7H,1-2H3,(H,13,15). The van der Waals surface area contributed by atoms with Crippen LogP contribution in [0.1, 0.15) is 25.7 Å². The van der Waals surface area contributed by atoms with Gasteiger partial charge in [0.25, 0.3) is 0 Å². The third kappa shape index (κ3) is 2.34. The summed E-state index contributed by atoms with van der Waals surface area (Å²) in [7, 11) is 0. The summed E-state index contributed by atoms with van der Waals surface area (Å²) in [6, 6.07) is 3.86. The summed E-state index contributed by atoms with van der Waals surface area (Å²) < 4.78 is 8.37. The number of nitrogens with one attached hydrogen (secondary N) is 1. The molecule has 0 aromatic carbocycles. The molecule has 2 rings (SSSR count). The maximum absolute atomic E-state index is 5.40. The van der Waals surface area contributed by atoms with Crippen molar-refractivity contribution in [1.29, 1.82) is 0 Å². The number of hydrogen-bond acceptors (Lipinski definition) is 4. The number of oxazole rings is 1. The number of anilines is 1. The molecule has 0 saturated heterocycles. The Morgan fingerprint density at radius 2 is 2.25 bits per heavy atom. The molecule has 0 spiro atoms. The van der Waals surface area contributed by atoms with E-state index in [1.165, 1.54) is 0 Å². The molecule has 0 aliphatic rings. The first-order valence-electron chi connectivity index (χ1n) is 4.99. The van der Waals surface area contributed by atoms with Gasteiger partial charge in [-0.05, 0) is 12.1 Å². The van der Waals surface area contributed by atoms with Crippen molar-refractivity contribution in [3.05, 3.63) is 30.5 Å². The smallest absolute Gasteiger partial charge is 0.197 e. The van der Waals surface area contributed by atoms with E-state index in [1.54, 1.807) is 12.5 Å². The quantitative estimate of drug-likeness (QED) is 0.690. The van der Waals surface area contributed by atoms with Gasteiger partial charge in [-0.3, -0.25) is 0 Å². The first-order chi connectivity index (χ1) is 7.70. The minimum atomic E-state index is 0.303. The van der Waals surface area contributed by atoms with Crippen LogP contribution in [0.5, 0.6) is 0 Å². The Morgan fingerprint density at radius 1 is 1.44 bits per heavy atom. The molecule has 16 heavy (non-hydrogen) atoms. The third-order valence-electron chi connectivity index (χ3n) is 2.17. The highest BCUT2D eigenvalue weighted by Gasteiger charge is 2.09. The minimum Gasteiger partial charge on any atom is -0.448 e. The summed E-state index contributed by atoms with van der Waals surface area (Å²) in [5.41, 5.74) is 1.85. The lowest BCUT2D eigenvalue weighted by atomic mass is 10.2. The van der Waals surface area contributed by atoms with E-state index in [0.29, 0.717) is 5.92 Å². The molecule has 0 aliphatic carbocycles. The van der Waals surface area contributed by atoms with Crippen LogP contribution in [-0.2, 0) is 0 Å².